The summed E-state index contributed by atoms with van der Waals surface area (Å²) in [5.41, 5.74) is 0.752. The fourth-order valence-electron chi connectivity index (χ4n) is 2.54. The van der Waals surface area contributed by atoms with Crippen LogP contribution in [0.2, 0.25) is 0 Å². The van der Waals surface area contributed by atoms with Crippen LogP contribution in [0.5, 0.6) is 11.5 Å². The first-order valence-corrected chi connectivity index (χ1v) is 9.25. The highest BCUT2D eigenvalue weighted by Crippen LogP contribution is 2.42. The largest absolute Gasteiger partial charge is 0.503 e. The van der Waals surface area contributed by atoms with Crippen LogP contribution in [0.3, 0.4) is 0 Å². The van der Waals surface area contributed by atoms with E-state index in [-0.39, 0.29) is 29.3 Å². The van der Waals surface area contributed by atoms with Gasteiger partial charge in [-0.15, -0.1) is 0 Å². The van der Waals surface area contributed by atoms with Crippen LogP contribution < -0.4 is 10.1 Å². The Morgan fingerprint density at radius 3 is 2.63 bits per heavy atom. The van der Waals surface area contributed by atoms with E-state index in [1.165, 1.54) is 37.5 Å². The van der Waals surface area contributed by atoms with Gasteiger partial charge in [-0.3, -0.25) is 9.69 Å². The molecule has 3 rings (SSSR count). The molecule has 0 aromatic heterocycles. The molecule has 3 amide bonds. The van der Waals surface area contributed by atoms with E-state index in [0.717, 1.165) is 4.90 Å². The third kappa shape index (κ3) is 3.70. The lowest BCUT2D eigenvalue weighted by Crippen LogP contribution is -2.30. The van der Waals surface area contributed by atoms with Crippen molar-refractivity contribution in [3.05, 3.63) is 61.9 Å². The second-order valence-electron chi connectivity index (χ2n) is 5.62. The van der Waals surface area contributed by atoms with Crippen LogP contribution in [0.25, 0.3) is 6.08 Å². The van der Waals surface area contributed by atoms with Gasteiger partial charge in [0.25, 0.3) is 5.91 Å². The maximum Gasteiger partial charge on any atom is 0.329 e. The van der Waals surface area contributed by atoms with Gasteiger partial charge in [-0.25, -0.2) is 9.18 Å². The zero-order valence-corrected chi connectivity index (χ0v) is 17.1. The molecule has 0 spiro atoms. The molecule has 9 heteroatoms. The fourth-order valence-corrected chi connectivity index (χ4v) is 3.38. The predicted octanol–water partition coefficient (Wildman–Crippen LogP) is 4.16. The monoisotopic (exact) mass is 498 g/mol. The van der Waals surface area contributed by atoms with Crippen molar-refractivity contribution in [3.8, 4) is 11.5 Å². The van der Waals surface area contributed by atoms with Gasteiger partial charge in [-0.05, 0) is 55.6 Å². The number of hydrogen-bond donors (Lipinski definition) is 2. The van der Waals surface area contributed by atoms with E-state index in [2.05, 4.69) is 37.2 Å². The highest BCUT2D eigenvalue weighted by Gasteiger charge is 2.34. The molecule has 0 saturated carbocycles. The highest BCUT2D eigenvalue weighted by molar-refractivity contribution is 9.13. The van der Waals surface area contributed by atoms with Crippen LogP contribution in [0.1, 0.15) is 11.1 Å². The second kappa shape index (κ2) is 7.69. The van der Waals surface area contributed by atoms with Gasteiger partial charge in [-0.2, -0.15) is 0 Å². The number of carbonyl (C=O) groups is 2. The van der Waals surface area contributed by atoms with Gasteiger partial charge in [-0.1, -0.05) is 18.2 Å². The maximum absolute atomic E-state index is 13.8. The highest BCUT2D eigenvalue weighted by atomic mass is 79.9. The summed E-state index contributed by atoms with van der Waals surface area (Å²) in [7, 11) is 1.39. The predicted molar refractivity (Wildman–Crippen MR) is 104 cm³/mol. The van der Waals surface area contributed by atoms with Crippen molar-refractivity contribution in [2.24, 2.45) is 0 Å². The summed E-state index contributed by atoms with van der Waals surface area (Å²) < 4.78 is 19.7. The van der Waals surface area contributed by atoms with Gasteiger partial charge in [0, 0.05) is 10.0 Å². The summed E-state index contributed by atoms with van der Waals surface area (Å²) in [6.07, 6.45) is 1.44. The number of hydrogen-bond acceptors (Lipinski definition) is 4. The number of phenolic OH excluding ortho intramolecular Hbond substituents is 1. The van der Waals surface area contributed by atoms with E-state index in [4.69, 9.17) is 4.74 Å². The number of carbonyl (C=O) groups excluding carboxylic acids is 2. The van der Waals surface area contributed by atoms with Gasteiger partial charge in [0.05, 0.1) is 18.1 Å². The molecule has 2 aromatic carbocycles. The number of benzene rings is 2. The molecule has 1 fully saturated rings. The molecule has 140 valence electrons. The minimum Gasteiger partial charge on any atom is -0.503 e. The van der Waals surface area contributed by atoms with Crippen molar-refractivity contribution >= 4 is 49.9 Å². The van der Waals surface area contributed by atoms with Crippen molar-refractivity contribution in [2.45, 2.75) is 6.54 Å². The van der Waals surface area contributed by atoms with Crippen molar-refractivity contribution in [3.63, 3.8) is 0 Å². The Labute approximate surface area is 170 Å². The Balaban J connectivity index is 1.93. The molecule has 1 aliphatic heterocycles. The van der Waals surface area contributed by atoms with Gasteiger partial charge in [0.2, 0.25) is 0 Å². The Kier molecular flexibility index (Phi) is 5.52. The number of nitrogens with one attached hydrogen (secondary N) is 1. The first-order valence-electron chi connectivity index (χ1n) is 7.66. The molecule has 6 nitrogen and oxygen atoms in total. The number of ether oxygens (including phenoxy) is 1. The number of phenols is 1. The summed E-state index contributed by atoms with van der Waals surface area (Å²) in [6, 6.07) is 6.80. The van der Waals surface area contributed by atoms with Crippen LogP contribution in [0, 0.1) is 5.82 Å². The topological polar surface area (TPSA) is 78.9 Å². The molecule has 0 aliphatic carbocycles. The Hall–Kier alpha value is -2.39. The molecular formula is C18H13Br2FN2O4. The van der Waals surface area contributed by atoms with E-state index in [1.807, 2.05) is 0 Å². The molecule has 0 unspecified atom stereocenters. The first kappa shape index (κ1) is 19.4. The minimum absolute atomic E-state index is 0.0247. The molecule has 0 bridgehead atoms. The third-order valence-electron chi connectivity index (χ3n) is 3.94. The number of imide groups is 1. The van der Waals surface area contributed by atoms with Crippen LogP contribution in [-0.2, 0) is 11.3 Å². The summed E-state index contributed by atoms with van der Waals surface area (Å²) in [5, 5.41) is 12.5. The van der Waals surface area contributed by atoms with Crippen molar-refractivity contribution in [1.29, 1.82) is 0 Å². The quantitative estimate of drug-likeness (QED) is 0.489. The third-order valence-corrected chi connectivity index (χ3v) is 6.10. The van der Waals surface area contributed by atoms with Crippen LogP contribution in [0.15, 0.2) is 45.0 Å². The maximum atomic E-state index is 13.8. The molecule has 1 heterocycles. The smallest absolute Gasteiger partial charge is 0.329 e. The number of rotatable bonds is 4. The average Bonchev–Trinajstić information content (AvgIpc) is 2.91. The lowest BCUT2D eigenvalue weighted by molar-refractivity contribution is -0.123. The van der Waals surface area contributed by atoms with Crippen molar-refractivity contribution < 1.29 is 23.8 Å². The summed E-state index contributed by atoms with van der Waals surface area (Å²) in [6.45, 7) is -0.182. The molecule has 1 saturated heterocycles. The Bertz CT molecular complexity index is 978. The van der Waals surface area contributed by atoms with Crippen molar-refractivity contribution in [2.75, 3.05) is 7.11 Å². The molecule has 2 aromatic rings. The van der Waals surface area contributed by atoms with E-state index < -0.39 is 17.8 Å². The number of aromatic hydroxyl groups is 1. The van der Waals surface area contributed by atoms with Gasteiger partial charge in [0.15, 0.2) is 11.5 Å². The molecule has 0 radical (unpaired) electrons. The van der Waals surface area contributed by atoms with Crippen LogP contribution in [0.4, 0.5) is 9.18 Å². The Morgan fingerprint density at radius 2 is 1.96 bits per heavy atom. The zero-order valence-electron chi connectivity index (χ0n) is 13.9. The molecule has 27 heavy (non-hydrogen) atoms. The lowest BCUT2D eigenvalue weighted by atomic mass is 10.1. The fraction of sp³-hybridized carbons (Fsp3) is 0.111. The van der Waals surface area contributed by atoms with Gasteiger partial charge < -0.3 is 15.2 Å². The SMILES string of the molecule is COc1cc(/C=C2/NC(=O)N(Cc3ccccc3F)C2=O)c(Br)c(Br)c1O. The molecule has 2 N–H and O–H groups in total. The number of urea groups is 1. The second-order valence-corrected chi connectivity index (χ2v) is 7.20. The van der Waals surface area contributed by atoms with Gasteiger partial charge >= 0.3 is 6.03 Å². The normalized spacial score (nSPS) is 15.4. The van der Waals surface area contributed by atoms with E-state index in [0.29, 0.717) is 14.5 Å². The summed E-state index contributed by atoms with van der Waals surface area (Å²) in [4.78, 5) is 25.7. The van der Waals surface area contributed by atoms with Gasteiger partial charge in [0.1, 0.15) is 11.5 Å². The lowest BCUT2D eigenvalue weighted by Gasteiger charge is -2.12. The minimum atomic E-state index is -0.643. The standard InChI is InChI=1S/C18H13Br2FN2O4/c1-27-13-7-10(14(19)15(20)16(13)24)6-12-17(25)23(18(26)22-12)8-9-4-2-3-5-11(9)21/h2-7,24H,8H2,1H3,(H,22,26)/b12-6+. The number of nitrogens with zero attached hydrogens (tertiary/aromatic N) is 1. The molecule has 0 atom stereocenters. The van der Waals surface area contributed by atoms with Crippen molar-refractivity contribution in [1.82, 2.24) is 10.2 Å². The number of methoxy groups -OCH3 is 1. The average molecular weight is 500 g/mol. The first-order chi connectivity index (χ1) is 12.8. The number of amides is 3. The zero-order chi connectivity index (χ0) is 19.7. The van der Waals surface area contributed by atoms with Crippen LogP contribution >= 0.6 is 31.9 Å². The summed E-state index contributed by atoms with van der Waals surface area (Å²) in [5.74, 6) is -0.991. The summed E-state index contributed by atoms with van der Waals surface area (Å²) >= 11 is 6.55. The van der Waals surface area contributed by atoms with E-state index in [1.54, 1.807) is 6.07 Å². The molecule has 1 aliphatic rings. The Morgan fingerprint density at radius 1 is 1.26 bits per heavy atom. The molecular weight excluding hydrogens is 487 g/mol. The van der Waals surface area contributed by atoms with Crippen LogP contribution in [-0.4, -0.2) is 29.1 Å². The van der Waals surface area contributed by atoms with E-state index in [9.17, 15) is 19.1 Å². The number of halogens is 3. The van der Waals surface area contributed by atoms with E-state index >= 15 is 0 Å².